The number of Topliss-reactive ketones (excluding diaryl/α,β-unsaturated/α-hetero) is 1. The molecule has 0 fully saturated rings. The summed E-state index contributed by atoms with van der Waals surface area (Å²) in [6.45, 7) is 3.13. The number of carbonyl (C=O) groups excluding carboxylic acids is 1. The van der Waals surface area contributed by atoms with Gasteiger partial charge in [0.25, 0.3) is 0 Å². The predicted molar refractivity (Wildman–Crippen MR) is 63.1 cm³/mol. The van der Waals surface area contributed by atoms with Crippen LogP contribution in [-0.2, 0) is 0 Å². The minimum atomic E-state index is -0.980. The summed E-state index contributed by atoms with van der Waals surface area (Å²) in [6.07, 6.45) is 2.07. The van der Waals surface area contributed by atoms with Crippen LogP contribution in [0.1, 0.15) is 30.1 Å². The zero-order valence-corrected chi connectivity index (χ0v) is 10.2. The average Bonchev–Trinajstić information content (AvgIpc) is 2.30. The van der Waals surface area contributed by atoms with Crippen LogP contribution in [0, 0.1) is 11.6 Å². The van der Waals surface area contributed by atoms with Crippen LogP contribution >= 0.6 is 0 Å². The molecule has 0 radical (unpaired) electrons. The number of likely N-dealkylation sites (N-methyl/N-ethyl adjacent to an activating group) is 1. The Morgan fingerprint density at radius 1 is 1.29 bits per heavy atom. The van der Waals surface area contributed by atoms with Crippen molar-refractivity contribution in [3.8, 4) is 0 Å². The van der Waals surface area contributed by atoms with Crippen LogP contribution in [-0.4, -0.2) is 30.8 Å². The largest absolute Gasteiger partial charge is 0.299 e. The Labute approximate surface area is 100 Å². The van der Waals surface area contributed by atoms with Crippen molar-refractivity contribution >= 4 is 5.78 Å². The van der Waals surface area contributed by atoms with E-state index >= 15 is 0 Å². The summed E-state index contributed by atoms with van der Waals surface area (Å²) in [4.78, 5) is 13.6. The highest BCUT2D eigenvalue weighted by atomic mass is 19.2. The van der Waals surface area contributed by atoms with E-state index in [9.17, 15) is 13.6 Å². The van der Waals surface area contributed by atoms with Gasteiger partial charge in [0.2, 0.25) is 0 Å². The highest BCUT2D eigenvalue weighted by Crippen LogP contribution is 2.09. The number of halogens is 2. The van der Waals surface area contributed by atoms with E-state index in [-0.39, 0.29) is 17.9 Å². The van der Waals surface area contributed by atoms with Gasteiger partial charge in [-0.3, -0.25) is 9.69 Å². The molecule has 0 aliphatic rings. The quantitative estimate of drug-likeness (QED) is 0.714. The molecule has 94 valence electrons. The zero-order chi connectivity index (χ0) is 12.8. The molecular weight excluding hydrogens is 224 g/mol. The number of hydrogen-bond donors (Lipinski definition) is 0. The van der Waals surface area contributed by atoms with Gasteiger partial charge in [-0.25, -0.2) is 8.78 Å². The minimum absolute atomic E-state index is 0.192. The summed E-state index contributed by atoms with van der Waals surface area (Å²) in [7, 11) is 1.84. The zero-order valence-electron chi connectivity index (χ0n) is 10.2. The Kier molecular flexibility index (Phi) is 5.22. The van der Waals surface area contributed by atoms with Gasteiger partial charge in [-0.05, 0) is 38.2 Å². The molecule has 0 aliphatic heterocycles. The van der Waals surface area contributed by atoms with Crippen LogP contribution in [0.15, 0.2) is 18.2 Å². The number of nitrogens with zero attached hydrogens (tertiary/aromatic N) is 1. The second-order valence-electron chi connectivity index (χ2n) is 4.14. The monoisotopic (exact) mass is 241 g/mol. The smallest absolute Gasteiger partial charge is 0.176 e. The lowest BCUT2D eigenvalue weighted by Crippen LogP contribution is -2.27. The van der Waals surface area contributed by atoms with Crippen molar-refractivity contribution in [3.05, 3.63) is 35.4 Å². The SMILES string of the molecule is CCCCN(C)CC(=O)c1ccc(F)c(F)c1. The van der Waals surface area contributed by atoms with Crippen LogP contribution < -0.4 is 0 Å². The predicted octanol–water partition coefficient (Wildman–Crippen LogP) is 2.88. The molecule has 4 heteroatoms. The van der Waals surface area contributed by atoms with Crippen molar-refractivity contribution in [1.29, 1.82) is 0 Å². The Morgan fingerprint density at radius 2 is 2.00 bits per heavy atom. The lowest BCUT2D eigenvalue weighted by atomic mass is 10.1. The van der Waals surface area contributed by atoms with E-state index in [1.165, 1.54) is 6.07 Å². The minimum Gasteiger partial charge on any atom is -0.299 e. The normalized spacial score (nSPS) is 10.9. The molecule has 1 aromatic rings. The molecule has 2 nitrogen and oxygen atoms in total. The molecule has 0 saturated carbocycles. The van der Waals surface area contributed by atoms with Crippen LogP contribution in [0.4, 0.5) is 8.78 Å². The molecule has 17 heavy (non-hydrogen) atoms. The number of benzene rings is 1. The van der Waals surface area contributed by atoms with Gasteiger partial charge >= 0.3 is 0 Å². The summed E-state index contributed by atoms with van der Waals surface area (Å²) >= 11 is 0. The van der Waals surface area contributed by atoms with Crippen molar-refractivity contribution in [3.63, 3.8) is 0 Å². The van der Waals surface area contributed by atoms with Gasteiger partial charge in [-0.15, -0.1) is 0 Å². The summed E-state index contributed by atoms with van der Waals surface area (Å²) in [5.41, 5.74) is 0.215. The van der Waals surface area contributed by atoms with Gasteiger partial charge in [0.05, 0.1) is 6.54 Å². The number of hydrogen-bond acceptors (Lipinski definition) is 2. The molecule has 0 aromatic heterocycles. The van der Waals surface area contributed by atoms with E-state index < -0.39 is 11.6 Å². The molecule has 0 bridgehead atoms. The third kappa shape index (κ3) is 4.23. The van der Waals surface area contributed by atoms with E-state index in [1.54, 1.807) is 0 Å². The summed E-state index contributed by atoms with van der Waals surface area (Å²) in [5.74, 6) is -2.10. The van der Waals surface area contributed by atoms with Gasteiger partial charge in [0, 0.05) is 5.56 Å². The third-order valence-electron chi connectivity index (χ3n) is 2.55. The first-order valence-corrected chi connectivity index (χ1v) is 5.71. The Hall–Kier alpha value is -1.29. The highest BCUT2D eigenvalue weighted by molar-refractivity contribution is 5.97. The van der Waals surface area contributed by atoms with Crippen LogP contribution in [0.2, 0.25) is 0 Å². The Bertz CT molecular complexity index is 393. The molecule has 0 aliphatic carbocycles. The van der Waals surface area contributed by atoms with E-state index in [1.807, 2.05) is 11.9 Å². The van der Waals surface area contributed by atoms with Gasteiger partial charge in [-0.2, -0.15) is 0 Å². The van der Waals surface area contributed by atoms with E-state index in [4.69, 9.17) is 0 Å². The van der Waals surface area contributed by atoms with Crippen molar-refractivity contribution in [2.45, 2.75) is 19.8 Å². The van der Waals surface area contributed by atoms with Gasteiger partial charge in [0.1, 0.15) is 0 Å². The second-order valence-corrected chi connectivity index (χ2v) is 4.14. The fraction of sp³-hybridized carbons (Fsp3) is 0.462. The molecule has 0 N–H and O–H groups in total. The maximum atomic E-state index is 12.9. The van der Waals surface area contributed by atoms with Gasteiger partial charge in [-0.1, -0.05) is 13.3 Å². The molecule has 0 spiro atoms. The number of ketones is 1. The van der Waals surface area contributed by atoms with Gasteiger partial charge in [0.15, 0.2) is 17.4 Å². The van der Waals surface area contributed by atoms with Crippen molar-refractivity contribution in [1.82, 2.24) is 4.90 Å². The van der Waals surface area contributed by atoms with Crippen LogP contribution in [0.25, 0.3) is 0 Å². The summed E-state index contributed by atoms with van der Waals surface area (Å²) in [6, 6.07) is 3.24. The molecular formula is C13H17F2NO. The van der Waals surface area contributed by atoms with E-state index in [0.29, 0.717) is 0 Å². The van der Waals surface area contributed by atoms with Crippen molar-refractivity contribution in [2.75, 3.05) is 20.1 Å². The maximum absolute atomic E-state index is 12.9. The fourth-order valence-electron chi connectivity index (χ4n) is 1.51. The molecule has 0 saturated heterocycles. The summed E-state index contributed by atoms with van der Waals surface area (Å²) < 4.78 is 25.6. The van der Waals surface area contributed by atoms with Crippen LogP contribution in [0.5, 0.6) is 0 Å². The first-order chi connectivity index (χ1) is 8.04. The molecule has 1 aromatic carbocycles. The van der Waals surface area contributed by atoms with Crippen molar-refractivity contribution in [2.24, 2.45) is 0 Å². The first-order valence-electron chi connectivity index (χ1n) is 5.71. The summed E-state index contributed by atoms with van der Waals surface area (Å²) in [5, 5.41) is 0. The third-order valence-corrected chi connectivity index (χ3v) is 2.55. The lowest BCUT2D eigenvalue weighted by molar-refractivity contribution is 0.0945. The van der Waals surface area contributed by atoms with E-state index in [2.05, 4.69) is 6.92 Å². The Morgan fingerprint density at radius 3 is 2.59 bits per heavy atom. The first kappa shape index (κ1) is 13.8. The molecule has 0 atom stereocenters. The fourth-order valence-corrected chi connectivity index (χ4v) is 1.51. The number of unbranched alkanes of at least 4 members (excludes halogenated alkanes) is 1. The van der Waals surface area contributed by atoms with Crippen LogP contribution in [0.3, 0.4) is 0 Å². The standard InChI is InChI=1S/C13H17F2NO/c1-3-4-7-16(2)9-13(17)10-5-6-11(14)12(15)8-10/h5-6,8H,3-4,7,9H2,1-2H3. The molecule has 0 heterocycles. The van der Waals surface area contributed by atoms with Gasteiger partial charge < -0.3 is 0 Å². The maximum Gasteiger partial charge on any atom is 0.176 e. The number of carbonyl (C=O) groups is 1. The molecule has 0 unspecified atom stereocenters. The highest BCUT2D eigenvalue weighted by Gasteiger charge is 2.11. The Balaban J connectivity index is 2.60. The molecule has 1 rings (SSSR count). The second kappa shape index (κ2) is 6.45. The number of rotatable bonds is 6. The van der Waals surface area contributed by atoms with E-state index in [0.717, 1.165) is 31.5 Å². The molecule has 0 amide bonds. The lowest BCUT2D eigenvalue weighted by Gasteiger charge is -2.14. The topological polar surface area (TPSA) is 20.3 Å². The van der Waals surface area contributed by atoms with Crippen molar-refractivity contribution < 1.29 is 13.6 Å². The average molecular weight is 241 g/mol.